The van der Waals surface area contributed by atoms with Crippen LogP contribution in [0.2, 0.25) is 0 Å². The highest BCUT2D eigenvalue weighted by Crippen LogP contribution is 2.33. The zero-order valence-corrected chi connectivity index (χ0v) is 18.3. The van der Waals surface area contributed by atoms with Crippen molar-refractivity contribution in [3.05, 3.63) is 89.5 Å². The number of benzene rings is 3. The van der Waals surface area contributed by atoms with E-state index in [0.29, 0.717) is 26.2 Å². The van der Waals surface area contributed by atoms with Gasteiger partial charge in [-0.3, -0.25) is 4.90 Å². The van der Waals surface area contributed by atoms with Crippen molar-refractivity contribution in [2.75, 3.05) is 27.1 Å². The number of rotatable bonds is 11. The number of aliphatic hydroxyl groups is 1. The molecule has 0 aliphatic carbocycles. The fourth-order valence-electron chi connectivity index (χ4n) is 3.71. The summed E-state index contributed by atoms with van der Waals surface area (Å²) in [5.41, 5.74) is 3.33. The minimum Gasteiger partial charge on any atom is -0.497 e. The Kier molecular flexibility index (Phi) is 7.61. The summed E-state index contributed by atoms with van der Waals surface area (Å²) in [7, 11) is 1.66. The summed E-state index contributed by atoms with van der Waals surface area (Å²) < 4.78 is 21.9. The minimum absolute atomic E-state index is 0.256. The minimum atomic E-state index is -0.606. The summed E-state index contributed by atoms with van der Waals surface area (Å²) >= 11 is 0. The van der Waals surface area contributed by atoms with Gasteiger partial charge in [0, 0.05) is 19.6 Å². The van der Waals surface area contributed by atoms with E-state index in [1.807, 2.05) is 72.8 Å². The highest BCUT2D eigenvalue weighted by Gasteiger charge is 2.17. The molecule has 0 amide bonds. The quantitative estimate of drug-likeness (QED) is 0.491. The highest BCUT2D eigenvalue weighted by atomic mass is 16.7. The SMILES string of the molecule is COc1ccc(CN(Cc2ccc3c(c2)OCO3)C[C@@H](O)COCc2ccccc2)cc1. The van der Waals surface area contributed by atoms with E-state index >= 15 is 0 Å². The van der Waals surface area contributed by atoms with Crippen LogP contribution in [0.3, 0.4) is 0 Å². The van der Waals surface area contributed by atoms with Gasteiger partial charge in [-0.25, -0.2) is 0 Å². The highest BCUT2D eigenvalue weighted by molar-refractivity contribution is 5.44. The fourth-order valence-corrected chi connectivity index (χ4v) is 3.71. The predicted molar refractivity (Wildman–Crippen MR) is 122 cm³/mol. The second kappa shape index (κ2) is 11.0. The van der Waals surface area contributed by atoms with Crippen molar-refractivity contribution in [3.63, 3.8) is 0 Å². The van der Waals surface area contributed by atoms with Crippen LogP contribution >= 0.6 is 0 Å². The van der Waals surface area contributed by atoms with Crippen LogP contribution in [0.5, 0.6) is 17.2 Å². The Morgan fingerprint density at radius 3 is 2.38 bits per heavy atom. The van der Waals surface area contributed by atoms with Crippen molar-refractivity contribution in [3.8, 4) is 17.2 Å². The molecular formula is C26H29NO5. The molecule has 6 heteroatoms. The number of fused-ring (bicyclic) bond motifs is 1. The van der Waals surface area contributed by atoms with Gasteiger partial charge in [-0.2, -0.15) is 0 Å². The van der Waals surface area contributed by atoms with Crippen LogP contribution in [0.15, 0.2) is 72.8 Å². The van der Waals surface area contributed by atoms with E-state index in [1.165, 1.54) is 0 Å². The number of methoxy groups -OCH3 is 1. The van der Waals surface area contributed by atoms with E-state index < -0.39 is 6.10 Å². The van der Waals surface area contributed by atoms with Crippen molar-refractivity contribution in [1.29, 1.82) is 0 Å². The first-order valence-corrected chi connectivity index (χ1v) is 10.7. The number of hydrogen-bond donors (Lipinski definition) is 1. The van der Waals surface area contributed by atoms with Gasteiger partial charge in [0.2, 0.25) is 6.79 Å². The molecule has 0 fully saturated rings. The predicted octanol–water partition coefficient (Wildman–Crippen LogP) is 4.00. The van der Waals surface area contributed by atoms with Gasteiger partial charge < -0.3 is 24.1 Å². The lowest BCUT2D eigenvalue weighted by Crippen LogP contribution is -2.34. The molecule has 4 rings (SSSR count). The van der Waals surface area contributed by atoms with E-state index in [-0.39, 0.29) is 13.4 Å². The van der Waals surface area contributed by atoms with E-state index in [4.69, 9.17) is 18.9 Å². The molecule has 3 aromatic carbocycles. The molecule has 0 saturated heterocycles. The van der Waals surface area contributed by atoms with Gasteiger partial charge in [-0.1, -0.05) is 48.5 Å². The summed E-state index contributed by atoms with van der Waals surface area (Å²) in [6.07, 6.45) is -0.606. The zero-order chi connectivity index (χ0) is 22.2. The third-order valence-electron chi connectivity index (χ3n) is 5.30. The summed E-state index contributed by atoms with van der Waals surface area (Å²) in [5.74, 6) is 2.36. The maximum atomic E-state index is 10.7. The summed E-state index contributed by atoms with van der Waals surface area (Å²) in [5, 5.41) is 10.7. The number of aliphatic hydroxyl groups excluding tert-OH is 1. The lowest BCUT2D eigenvalue weighted by atomic mass is 10.1. The molecule has 0 saturated carbocycles. The van der Waals surface area contributed by atoms with Gasteiger partial charge in [-0.15, -0.1) is 0 Å². The standard InChI is InChI=1S/C26H29NO5/c1-29-24-10-7-20(8-11-24)14-27(15-22-9-12-25-26(13-22)32-19-31-25)16-23(28)18-30-17-21-5-3-2-4-6-21/h2-13,23,28H,14-19H2,1H3/t23-/m1/s1. The molecule has 3 aromatic rings. The molecule has 0 radical (unpaired) electrons. The number of ether oxygens (including phenoxy) is 4. The largest absolute Gasteiger partial charge is 0.497 e. The number of nitrogens with zero attached hydrogens (tertiary/aromatic N) is 1. The first kappa shape index (κ1) is 22.1. The second-order valence-corrected chi connectivity index (χ2v) is 7.86. The maximum absolute atomic E-state index is 10.7. The van der Waals surface area contributed by atoms with E-state index in [0.717, 1.165) is 33.9 Å². The topological polar surface area (TPSA) is 60.4 Å². The summed E-state index contributed by atoms with van der Waals surface area (Å²) in [6.45, 7) is 2.85. The average Bonchev–Trinajstić information content (AvgIpc) is 3.28. The second-order valence-electron chi connectivity index (χ2n) is 7.86. The van der Waals surface area contributed by atoms with Gasteiger partial charge in [0.05, 0.1) is 26.4 Å². The molecule has 1 heterocycles. The Morgan fingerprint density at radius 2 is 1.59 bits per heavy atom. The monoisotopic (exact) mass is 435 g/mol. The Balaban J connectivity index is 1.38. The van der Waals surface area contributed by atoms with Crippen molar-refractivity contribution in [2.24, 2.45) is 0 Å². The van der Waals surface area contributed by atoms with Crippen LogP contribution in [0.4, 0.5) is 0 Å². The number of hydrogen-bond acceptors (Lipinski definition) is 6. The zero-order valence-electron chi connectivity index (χ0n) is 18.3. The molecule has 0 bridgehead atoms. The molecule has 1 aliphatic rings. The lowest BCUT2D eigenvalue weighted by Gasteiger charge is -2.25. The van der Waals surface area contributed by atoms with Crippen LogP contribution in [-0.2, 0) is 24.4 Å². The molecular weight excluding hydrogens is 406 g/mol. The van der Waals surface area contributed by atoms with Gasteiger partial charge in [0.15, 0.2) is 11.5 Å². The Bertz CT molecular complexity index is 977. The molecule has 0 unspecified atom stereocenters. The molecule has 1 atom stereocenters. The maximum Gasteiger partial charge on any atom is 0.231 e. The van der Waals surface area contributed by atoms with Crippen LogP contribution in [-0.4, -0.2) is 43.2 Å². The Hall–Kier alpha value is -3.06. The van der Waals surface area contributed by atoms with Crippen LogP contribution in [0.1, 0.15) is 16.7 Å². The third-order valence-corrected chi connectivity index (χ3v) is 5.30. The lowest BCUT2D eigenvalue weighted by molar-refractivity contribution is 0.00712. The van der Waals surface area contributed by atoms with E-state index in [2.05, 4.69) is 4.90 Å². The van der Waals surface area contributed by atoms with Crippen molar-refractivity contribution >= 4 is 0 Å². The van der Waals surface area contributed by atoms with E-state index in [1.54, 1.807) is 7.11 Å². The van der Waals surface area contributed by atoms with Crippen LogP contribution in [0.25, 0.3) is 0 Å². The van der Waals surface area contributed by atoms with Crippen molar-refractivity contribution < 1.29 is 24.1 Å². The average molecular weight is 436 g/mol. The third kappa shape index (κ3) is 6.23. The summed E-state index contributed by atoms with van der Waals surface area (Å²) in [6, 6.07) is 23.9. The van der Waals surface area contributed by atoms with Gasteiger partial charge in [0.25, 0.3) is 0 Å². The Morgan fingerprint density at radius 1 is 0.875 bits per heavy atom. The van der Waals surface area contributed by atoms with Crippen LogP contribution < -0.4 is 14.2 Å². The molecule has 168 valence electrons. The van der Waals surface area contributed by atoms with E-state index in [9.17, 15) is 5.11 Å². The van der Waals surface area contributed by atoms with Crippen molar-refractivity contribution in [2.45, 2.75) is 25.8 Å². The molecule has 1 aliphatic heterocycles. The molecule has 0 aromatic heterocycles. The van der Waals surface area contributed by atoms with Gasteiger partial charge in [0.1, 0.15) is 5.75 Å². The van der Waals surface area contributed by atoms with Gasteiger partial charge >= 0.3 is 0 Å². The normalized spacial score (nSPS) is 13.3. The molecule has 6 nitrogen and oxygen atoms in total. The summed E-state index contributed by atoms with van der Waals surface area (Å²) in [4.78, 5) is 2.20. The van der Waals surface area contributed by atoms with Gasteiger partial charge in [-0.05, 0) is 41.0 Å². The van der Waals surface area contributed by atoms with Crippen LogP contribution in [0, 0.1) is 0 Å². The smallest absolute Gasteiger partial charge is 0.231 e. The fraction of sp³-hybridized carbons (Fsp3) is 0.308. The molecule has 32 heavy (non-hydrogen) atoms. The Labute approximate surface area is 188 Å². The molecule has 1 N–H and O–H groups in total. The molecule has 0 spiro atoms. The first-order valence-electron chi connectivity index (χ1n) is 10.7. The first-order chi connectivity index (χ1) is 15.7. The van der Waals surface area contributed by atoms with Crippen molar-refractivity contribution in [1.82, 2.24) is 4.90 Å².